The zero-order valence-corrected chi connectivity index (χ0v) is 23.5. The SMILES string of the molecule is CC1CN(C(=O)/C(N)=C2\CCCC2=NCC(=O)N2CCC(Oc3cc(C(C)(F)F)ccc3Cl)CC2)CC(C)O1. The third kappa shape index (κ3) is 7.28. The molecule has 0 spiro atoms. The molecule has 2 amide bonds. The van der Waals surface area contributed by atoms with E-state index in [9.17, 15) is 18.4 Å². The average Bonchev–Trinajstić information content (AvgIpc) is 3.35. The minimum Gasteiger partial charge on any atom is -0.489 e. The number of halogens is 3. The number of morpholine rings is 1. The predicted molar refractivity (Wildman–Crippen MR) is 145 cm³/mol. The number of piperidine rings is 1. The van der Waals surface area contributed by atoms with Crippen LogP contribution in [-0.4, -0.2) is 78.4 Å². The third-order valence-corrected chi connectivity index (χ3v) is 7.69. The largest absolute Gasteiger partial charge is 0.489 e. The second kappa shape index (κ2) is 12.2. The van der Waals surface area contributed by atoms with Crippen LogP contribution in [0, 0.1) is 0 Å². The van der Waals surface area contributed by atoms with E-state index in [-0.39, 0.29) is 58.7 Å². The van der Waals surface area contributed by atoms with Gasteiger partial charge in [0.25, 0.3) is 11.8 Å². The molecule has 1 aromatic carbocycles. The maximum Gasteiger partial charge on any atom is 0.270 e. The number of carbonyl (C=O) groups is 2. The predicted octanol–water partition coefficient (Wildman–Crippen LogP) is 4.30. The van der Waals surface area contributed by atoms with Gasteiger partial charge in [-0.25, -0.2) is 8.78 Å². The lowest BCUT2D eigenvalue weighted by Gasteiger charge is -2.35. The molecule has 2 unspecified atom stereocenters. The van der Waals surface area contributed by atoms with Crippen molar-refractivity contribution >= 4 is 29.1 Å². The molecule has 11 heteroatoms. The normalized spacial score (nSPS) is 25.2. The van der Waals surface area contributed by atoms with E-state index in [1.807, 2.05) is 13.8 Å². The number of hydrogen-bond acceptors (Lipinski definition) is 6. The van der Waals surface area contributed by atoms with Gasteiger partial charge in [0.1, 0.15) is 24.1 Å². The van der Waals surface area contributed by atoms with Crippen molar-refractivity contribution in [3.05, 3.63) is 40.1 Å². The Morgan fingerprint density at radius 2 is 1.82 bits per heavy atom. The van der Waals surface area contributed by atoms with E-state index in [0.29, 0.717) is 51.9 Å². The monoisotopic (exact) mass is 566 g/mol. The highest BCUT2D eigenvalue weighted by molar-refractivity contribution is 6.32. The molecule has 2 heterocycles. The lowest BCUT2D eigenvalue weighted by molar-refractivity contribution is -0.139. The van der Waals surface area contributed by atoms with Crippen molar-refractivity contribution < 1.29 is 27.8 Å². The molecular formula is C28H37ClF2N4O4. The molecule has 1 aliphatic carbocycles. The summed E-state index contributed by atoms with van der Waals surface area (Å²) in [5.74, 6) is -3.09. The van der Waals surface area contributed by atoms with Crippen LogP contribution in [0.15, 0.2) is 34.5 Å². The van der Waals surface area contributed by atoms with Crippen LogP contribution >= 0.6 is 11.6 Å². The van der Waals surface area contributed by atoms with Crippen LogP contribution in [0.2, 0.25) is 5.02 Å². The quantitative estimate of drug-likeness (QED) is 0.518. The van der Waals surface area contributed by atoms with E-state index >= 15 is 0 Å². The van der Waals surface area contributed by atoms with Crippen LogP contribution < -0.4 is 10.5 Å². The minimum absolute atomic E-state index is 0.0170. The van der Waals surface area contributed by atoms with Crippen LogP contribution in [0.5, 0.6) is 5.75 Å². The van der Waals surface area contributed by atoms with E-state index in [2.05, 4.69) is 4.99 Å². The molecular weight excluding hydrogens is 530 g/mol. The molecule has 3 aliphatic rings. The van der Waals surface area contributed by atoms with E-state index in [4.69, 9.17) is 26.8 Å². The Balaban J connectivity index is 1.32. The number of likely N-dealkylation sites (tertiary alicyclic amines) is 1. The molecule has 2 saturated heterocycles. The summed E-state index contributed by atoms with van der Waals surface area (Å²) in [5, 5.41) is 0.271. The number of alkyl halides is 2. The zero-order chi connectivity index (χ0) is 28.3. The zero-order valence-electron chi connectivity index (χ0n) is 22.7. The van der Waals surface area contributed by atoms with Crippen molar-refractivity contribution in [2.45, 2.75) is 77.1 Å². The lowest BCUT2D eigenvalue weighted by Crippen LogP contribution is -2.49. The molecule has 214 valence electrons. The van der Waals surface area contributed by atoms with Crippen LogP contribution in [0.1, 0.15) is 58.4 Å². The first-order valence-electron chi connectivity index (χ1n) is 13.5. The maximum atomic E-state index is 13.7. The van der Waals surface area contributed by atoms with Crippen molar-refractivity contribution in [2.75, 3.05) is 32.7 Å². The fraction of sp³-hybridized carbons (Fsp3) is 0.607. The standard InChI is InChI=1S/C28H37ClF2N4O4/c1-17-15-35(16-18(2)38-17)27(37)26(32)21-5-4-6-23(21)33-14-25(36)34-11-9-20(10-12-34)39-24-13-19(28(3,30)31)7-8-22(24)29/h7-8,13,17-18,20H,4-6,9-12,14-16,32H2,1-3H3/b26-21-,33-23?. The van der Waals surface area contributed by atoms with Crippen molar-refractivity contribution in [1.82, 2.24) is 9.80 Å². The second-order valence-corrected chi connectivity index (χ2v) is 11.1. The van der Waals surface area contributed by atoms with Crippen LogP contribution in [0.4, 0.5) is 8.78 Å². The third-order valence-electron chi connectivity index (χ3n) is 7.38. The summed E-state index contributed by atoms with van der Waals surface area (Å²) in [7, 11) is 0. The number of benzene rings is 1. The number of aliphatic imine (C=N–C) groups is 1. The van der Waals surface area contributed by atoms with E-state index < -0.39 is 5.92 Å². The van der Waals surface area contributed by atoms with Crippen LogP contribution in [0.3, 0.4) is 0 Å². The van der Waals surface area contributed by atoms with Crippen LogP contribution in [0.25, 0.3) is 0 Å². The van der Waals surface area contributed by atoms with Gasteiger partial charge in [-0.15, -0.1) is 0 Å². The Morgan fingerprint density at radius 3 is 2.46 bits per heavy atom. The molecule has 2 aliphatic heterocycles. The molecule has 2 N–H and O–H groups in total. The van der Waals surface area contributed by atoms with Gasteiger partial charge >= 0.3 is 0 Å². The van der Waals surface area contributed by atoms with Gasteiger partial charge in [-0.2, -0.15) is 0 Å². The van der Waals surface area contributed by atoms with Gasteiger partial charge in [-0.3, -0.25) is 14.6 Å². The molecule has 0 bridgehead atoms. The lowest BCUT2D eigenvalue weighted by atomic mass is 10.1. The molecule has 39 heavy (non-hydrogen) atoms. The van der Waals surface area contributed by atoms with E-state index in [0.717, 1.165) is 24.6 Å². The summed E-state index contributed by atoms with van der Waals surface area (Å²) in [5.41, 5.74) is 7.83. The number of hydrogen-bond donors (Lipinski definition) is 1. The van der Waals surface area contributed by atoms with Gasteiger partial charge in [0.2, 0.25) is 5.91 Å². The summed E-state index contributed by atoms with van der Waals surface area (Å²) < 4.78 is 39.0. The molecule has 3 fully saturated rings. The summed E-state index contributed by atoms with van der Waals surface area (Å²) in [4.78, 5) is 34.0. The first kappa shape index (κ1) is 29.3. The summed E-state index contributed by atoms with van der Waals surface area (Å²) in [6.07, 6.45) is 2.94. The van der Waals surface area contributed by atoms with E-state index in [1.165, 1.54) is 18.2 Å². The minimum atomic E-state index is -2.99. The molecule has 8 nitrogen and oxygen atoms in total. The Labute approximate surface area is 233 Å². The molecule has 0 aromatic heterocycles. The second-order valence-electron chi connectivity index (χ2n) is 10.7. The van der Waals surface area contributed by atoms with Gasteiger partial charge in [-0.1, -0.05) is 17.7 Å². The van der Waals surface area contributed by atoms with Crippen molar-refractivity contribution in [3.63, 3.8) is 0 Å². The first-order chi connectivity index (χ1) is 18.4. The van der Waals surface area contributed by atoms with Gasteiger partial charge < -0.3 is 25.0 Å². The van der Waals surface area contributed by atoms with Gasteiger partial charge in [0, 0.05) is 62.8 Å². The number of amides is 2. The highest BCUT2D eigenvalue weighted by atomic mass is 35.5. The number of allylic oxidation sites excluding steroid dienone is 1. The highest BCUT2D eigenvalue weighted by Gasteiger charge is 2.31. The number of nitrogens with two attached hydrogens (primary N) is 1. The van der Waals surface area contributed by atoms with Gasteiger partial charge in [-0.05, 0) is 45.2 Å². The molecule has 1 aromatic rings. The Kier molecular flexibility index (Phi) is 9.16. The topological polar surface area (TPSA) is 97.5 Å². The molecule has 2 atom stereocenters. The smallest absolute Gasteiger partial charge is 0.270 e. The summed E-state index contributed by atoms with van der Waals surface area (Å²) >= 11 is 6.17. The number of rotatable bonds is 6. The highest BCUT2D eigenvalue weighted by Crippen LogP contribution is 2.35. The van der Waals surface area contributed by atoms with Crippen molar-refractivity contribution in [3.8, 4) is 5.75 Å². The summed E-state index contributed by atoms with van der Waals surface area (Å²) in [6.45, 7) is 6.59. The fourth-order valence-electron chi connectivity index (χ4n) is 5.37. The molecule has 0 radical (unpaired) electrons. The number of ether oxygens (including phenoxy) is 2. The van der Waals surface area contributed by atoms with Crippen molar-refractivity contribution in [1.29, 1.82) is 0 Å². The van der Waals surface area contributed by atoms with Crippen LogP contribution in [-0.2, 0) is 20.2 Å². The molecule has 1 saturated carbocycles. The maximum absolute atomic E-state index is 13.7. The van der Waals surface area contributed by atoms with Crippen molar-refractivity contribution in [2.24, 2.45) is 10.7 Å². The summed E-state index contributed by atoms with van der Waals surface area (Å²) in [6, 6.07) is 3.98. The van der Waals surface area contributed by atoms with Gasteiger partial charge in [0.15, 0.2) is 0 Å². The first-order valence-corrected chi connectivity index (χ1v) is 13.9. The Morgan fingerprint density at radius 1 is 1.15 bits per heavy atom. The number of carbonyl (C=O) groups excluding carboxylic acids is 2. The van der Waals surface area contributed by atoms with Gasteiger partial charge in [0.05, 0.1) is 17.2 Å². The fourth-order valence-corrected chi connectivity index (χ4v) is 5.53. The molecule has 4 rings (SSSR count). The number of nitrogens with zero attached hydrogens (tertiary/aromatic N) is 3. The Bertz CT molecular complexity index is 1130. The van der Waals surface area contributed by atoms with E-state index in [1.54, 1.807) is 9.80 Å². The average molecular weight is 567 g/mol. The Hall–Kier alpha value is -2.72.